The number of ether oxygens (including phenoxy) is 1. The second-order valence-electron chi connectivity index (χ2n) is 8.62. The molecule has 5 aliphatic rings. The van der Waals surface area contributed by atoms with E-state index in [1.54, 1.807) is 0 Å². The first-order valence-electron chi connectivity index (χ1n) is 9.41. The van der Waals surface area contributed by atoms with E-state index in [2.05, 4.69) is 5.32 Å². The van der Waals surface area contributed by atoms with Crippen molar-refractivity contribution < 1.29 is 14.3 Å². The number of rotatable bonds is 4. The molecule has 0 aromatic carbocycles. The fourth-order valence-corrected chi connectivity index (χ4v) is 5.99. The van der Waals surface area contributed by atoms with Crippen LogP contribution in [0.2, 0.25) is 0 Å². The maximum atomic E-state index is 12.9. The van der Waals surface area contributed by atoms with E-state index in [0.29, 0.717) is 19.7 Å². The molecule has 0 radical (unpaired) electrons. The molecule has 0 spiro atoms. The molecule has 0 aromatic heterocycles. The molecule has 1 heterocycles. The molecule has 24 heavy (non-hydrogen) atoms. The fraction of sp³-hybridized carbons (Fsp3) is 0.889. The Bertz CT molecular complexity index is 500. The summed E-state index contributed by atoms with van der Waals surface area (Å²) < 4.78 is 5.39. The molecule has 1 saturated heterocycles. The molecule has 2 amide bonds. The van der Waals surface area contributed by atoms with E-state index < -0.39 is 12.0 Å². The highest BCUT2D eigenvalue weighted by Gasteiger charge is 2.51. The predicted octanol–water partition coefficient (Wildman–Crippen LogP) is 0.646. The summed E-state index contributed by atoms with van der Waals surface area (Å²) in [4.78, 5) is 26.3. The number of nitrogens with zero attached hydrogens (tertiary/aromatic N) is 1. The number of carbonyl (C=O) groups is 2. The van der Waals surface area contributed by atoms with Crippen LogP contribution in [0.3, 0.4) is 0 Å². The van der Waals surface area contributed by atoms with E-state index in [9.17, 15) is 9.59 Å². The van der Waals surface area contributed by atoms with Crippen molar-refractivity contribution in [3.05, 3.63) is 0 Å². The van der Waals surface area contributed by atoms with Gasteiger partial charge in [0, 0.05) is 18.6 Å². The second kappa shape index (κ2) is 5.99. The number of carbonyl (C=O) groups excluding carboxylic acids is 2. The molecule has 4 saturated carbocycles. The zero-order chi connectivity index (χ0) is 16.9. The van der Waals surface area contributed by atoms with Crippen LogP contribution < -0.4 is 11.1 Å². The van der Waals surface area contributed by atoms with Crippen molar-refractivity contribution >= 4 is 11.8 Å². The van der Waals surface area contributed by atoms with Gasteiger partial charge in [-0.15, -0.1) is 0 Å². The molecule has 5 rings (SSSR count). The van der Waals surface area contributed by atoms with E-state index in [1.807, 2.05) is 11.8 Å². The van der Waals surface area contributed by atoms with Crippen LogP contribution in [0, 0.1) is 17.8 Å². The summed E-state index contributed by atoms with van der Waals surface area (Å²) in [6.45, 7) is 3.45. The van der Waals surface area contributed by atoms with Crippen LogP contribution in [0.4, 0.5) is 0 Å². The SMILES string of the molecule is CC(C(=O)NC12CC3CC(CC(C3)C1)C2)N1CCOC(C(N)=O)C1. The first-order chi connectivity index (χ1) is 11.4. The van der Waals surface area contributed by atoms with E-state index >= 15 is 0 Å². The quantitative estimate of drug-likeness (QED) is 0.790. The zero-order valence-electron chi connectivity index (χ0n) is 14.5. The lowest BCUT2D eigenvalue weighted by Gasteiger charge is -2.57. The molecule has 2 atom stereocenters. The van der Waals surface area contributed by atoms with Gasteiger partial charge in [0.05, 0.1) is 12.6 Å². The molecule has 1 aliphatic heterocycles. The minimum Gasteiger partial charge on any atom is -0.367 e. The topological polar surface area (TPSA) is 84.7 Å². The Morgan fingerprint density at radius 3 is 2.29 bits per heavy atom. The van der Waals surface area contributed by atoms with Crippen molar-refractivity contribution in [1.29, 1.82) is 0 Å². The molecule has 4 bridgehead atoms. The van der Waals surface area contributed by atoms with Crippen molar-refractivity contribution in [3.8, 4) is 0 Å². The predicted molar refractivity (Wildman–Crippen MR) is 89.0 cm³/mol. The highest BCUT2D eigenvalue weighted by molar-refractivity contribution is 5.83. The van der Waals surface area contributed by atoms with Crippen LogP contribution in [0.1, 0.15) is 45.4 Å². The number of primary amides is 1. The molecule has 3 N–H and O–H groups in total. The average Bonchev–Trinajstić information content (AvgIpc) is 2.52. The van der Waals surface area contributed by atoms with Crippen molar-refractivity contribution in [2.45, 2.75) is 63.1 Å². The van der Waals surface area contributed by atoms with E-state index in [0.717, 1.165) is 37.0 Å². The Labute approximate surface area is 143 Å². The number of nitrogens with two attached hydrogens (primary N) is 1. The number of amides is 2. The largest absolute Gasteiger partial charge is 0.367 e. The molecule has 4 aliphatic carbocycles. The Balaban J connectivity index is 1.40. The monoisotopic (exact) mass is 335 g/mol. The zero-order valence-corrected chi connectivity index (χ0v) is 14.5. The molecular weight excluding hydrogens is 306 g/mol. The van der Waals surface area contributed by atoms with Crippen molar-refractivity contribution in [1.82, 2.24) is 10.2 Å². The van der Waals surface area contributed by atoms with Gasteiger partial charge in [-0.3, -0.25) is 14.5 Å². The van der Waals surface area contributed by atoms with E-state index in [4.69, 9.17) is 10.5 Å². The molecular formula is C18H29N3O3. The van der Waals surface area contributed by atoms with E-state index in [1.165, 1.54) is 19.3 Å². The molecule has 2 unspecified atom stereocenters. The first kappa shape index (κ1) is 16.3. The van der Waals surface area contributed by atoms with Crippen LogP contribution in [0.15, 0.2) is 0 Å². The third-order valence-corrected chi connectivity index (χ3v) is 6.77. The Kier molecular flexibility index (Phi) is 4.07. The van der Waals surface area contributed by atoms with Gasteiger partial charge in [0.25, 0.3) is 0 Å². The van der Waals surface area contributed by atoms with Gasteiger partial charge >= 0.3 is 0 Å². The highest BCUT2D eigenvalue weighted by Crippen LogP contribution is 2.55. The minimum absolute atomic E-state index is 0.0372. The molecule has 134 valence electrons. The third-order valence-electron chi connectivity index (χ3n) is 6.77. The molecule has 6 heteroatoms. The van der Waals surface area contributed by atoms with Gasteiger partial charge in [-0.2, -0.15) is 0 Å². The van der Waals surface area contributed by atoms with Crippen molar-refractivity contribution in [2.75, 3.05) is 19.7 Å². The molecule has 0 aromatic rings. The molecule has 5 fully saturated rings. The van der Waals surface area contributed by atoms with Gasteiger partial charge in [0.15, 0.2) is 0 Å². The Morgan fingerprint density at radius 2 is 1.75 bits per heavy atom. The first-order valence-corrected chi connectivity index (χ1v) is 9.41. The fourth-order valence-electron chi connectivity index (χ4n) is 5.99. The number of hydrogen-bond donors (Lipinski definition) is 2. The number of nitrogens with one attached hydrogen (secondary N) is 1. The lowest BCUT2D eigenvalue weighted by Crippen LogP contribution is -2.63. The summed E-state index contributed by atoms with van der Waals surface area (Å²) in [5.74, 6) is 2.09. The highest BCUT2D eigenvalue weighted by atomic mass is 16.5. The minimum atomic E-state index is -0.603. The van der Waals surface area contributed by atoms with Crippen LogP contribution in [-0.4, -0.2) is 54.1 Å². The maximum Gasteiger partial charge on any atom is 0.247 e. The Hall–Kier alpha value is -1.14. The molecule has 6 nitrogen and oxygen atoms in total. The van der Waals surface area contributed by atoms with Crippen molar-refractivity contribution in [3.63, 3.8) is 0 Å². The van der Waals surface area contributed by atoms with Gasteiger partial charge < -0.3 is 15.8 Å². The summed E-state index contributed by atoms with van der Waals surface area (Å²) in [6, 6.07) is -0.247. The maximum absolute atomic E-state index is 12.9. The Morgan fingerprint density at radius 1 is 1.17 bits per heavy atom. The van der Waals surface area contributed by atoms with Gasteiger partial charge in [0.2, 0.25) is 11.8 Å². The van der Waals surface area contributed by atoms with Gasteiger partial charge in [0.1, 0.15) is 6.10 Å². The number of morpholine rings is 1. The van der Waals surface area contributed by atoms with Crippen LogP contribution in [0.25, 0.3) is 0 Å². The van der Waals surface area contributed by atoms with Crippen LogP contribution in [0.5, 0.6) is 0 Å². The van der Waals surface area contributed by atoms with E-state index in [-0.39, 0.29) is 17.5 Å². The van der Waals surface area contributed by atoms with Gasteiger partial charge in [-0.05, 0) is 63.2 Å². The average molecular weight is 335 g/mol. The summed E-state index contributed by atoms with van der Waals surface area (Å²) in [6.07, 6.45) is 6.98. The summed E-state index contributed by atoms with van der Waals surface area (Å²) in [5, 5.41) is 3.43. The normalized spacial score (nSPS) is 42.7. The number of hydrogen-bond acceptors (Lipinski definition) is 4. The summed E-state index contributed by atoms with van der Waals surface area (Å²) in [7, 11) is 0. The van der Waals surface area contributed by atoms with Crippen LogP contribution in [-0.2, 0) is 14.3 Å². The van der Waals surface area contributed by atoms with Gasteiger partial charge in [-0.1, -0.05) is 0 Å². The second-order valence-corrected chi connectivity index (χ2v) is 8.62. The third kappa shape index (κ3) is 2.94. The van der Waals surface area contributed by atoms with Crippen LogP contribution >= 0.6 is 0 Å². The van der Waals surface area contributed by atoms with Crippen molar-refractivity contribution in [2.24, 2.45) is 23.5 Å². The smallest absolute Gasteiger partial charge is 0.247 e. The summed E-state index contributed by atoms with van der Waals surface area (Å²) in [5.41, 5.74) is 5.39. The van der Waals surface area contributed by atoms with Gasteiger partial charge in [-0.25, -0.2) is 0 Å². The standard InChI is InChI=1S/C18H29N3O3/c1-11(21-2-3-24-15(10-21)16(19)22)17(23)20-18-7-12-4-13(8-18)6-14(5-12)9-18/h11-15H,2-10H2,1H3,(H2,19,22)(H,20,23). The lowest BCUT2D eigenvalue weighted by atomic mass is 9.53. The lowest BCUT2D eigenvalue weighted by molar-refractivity contribution is -0.142. The summed E-state index contributed by atoms with van der Waals surface area (Å²) >= 11 is 0.